The van der Waals surface area contributed by atoms with Gasteiger partial charge in [0.2, 0.25) is 5.28 Å². The predicted octanol–water partition coefficient (Wildman–Crippen LogP) is 22.6. The molecule has 0 atom stereocenters. The molecule has 1 saturated heterocycles. The van der Waals surface area contributed by atoms with Crippen molar-refractivity contribution < 1.29 is 9.31 Å². The Kier molecular flexibility index (Phi) is 20.7. The van der Waals surface area contributed by atoms with Gasteiger partial charge < -0.3 is 9.31 Å². The first kappa shape index (κ1) is 72.5. The molecule has 1 aliphatic heterocycles. The van der Waals surface area contributed by atoms with Gasteiger partial charge in [0, 0.05) is 80.4 Å². The fourth-order valence-electron chi connectivity index (χ4n) is 13.9. The Bertz CT molecular complexity index is 6130. The molecule has 0 N–H and O–H groups in total. The van der Waals surface area contributed by atoms with E-state index >= 15 is 0 Å². The molecule has 12 nitrogen and oxygen atoms in total. The maximum Gasteiger partial charge on any atom is 0.494 e. The molecule has 0 aliphatic carbocycles. The highest BCUT2D eigenvalue weighted by atomic mass is 35.5. The molecule has 19 rings (SSSR count). The Morgan fingerprint density at radius 3 is 0.945 bits per heavy atom. The Balaban J connectivity index is 0.000000141. The van der Waals surface area contributed by atoms with Gasteiger partial charge in [0.15, 0.2) is 29.1 Å². The van der Waals surface area contributed by atoms with E-state index < -0.39 is 18.3 Å². The number of hydrogen-bond acceptors (Lipinski definition) is 10. The van der Waals surface area contributed by atoms with Crippen molar-refractivity contribution in [3.05, 3.63) is 357 Å². The second-order valence-electron chi connectivity index (χ2n) is 27.5. The van der Waals surface area contributed by atoms with Gasteiger partial charge in [-0.15, -0.1) is 0 Å². The Labute approximate surface area is 647 Å². The number of pyridine rings is 2. The molecule has 7 heterocycles. The SMILES string of the molecule is C.CC1(C)OB(c2cccc(-c3c(-c4ccccc4)nn4c(-c5ccccc5)cc5ccccc5c34)c2)OC1(C)C.Clc1nc(-c2ccccc2)nc(-c2ccccc2)n1.[B].c1ccc(-c2nc(-c3ccccc3)nc(-c3cccc(-c4c(-c5ccccc5)nn5c(-c6ccccc6)cc6ccccc6c45)c3)n2)cc1. The van der Waals surface area contributed by atoms with Gasteiger partial charge in [-0.1, -0.05) is 341 Å². The van der Waals surface area contributed by atoms with E-state index in [2.05, 4.69) is 258 Å². The molecule has 110 heavy (non-hydrogen) atoms. The molecule has 18 aromatic rings. The first-order valence-corrected chi connectivity index (χ1v) is 36.4. The van der Waals surface area contributed by atoms with Crippen LogP contribution in [0.4, 0.5) is 0 Å². The van der Waals surface area contributed by atoms with Crippen LogP contribution in [0.5, 0.6) is 0 Å². The van der Waals surface area contributed by atoms with Gasteiger partial charge in [0.25, 0.3) is 0 Å². The molecule has 12 aromatic carbocycles. The monoisotopic (exact) mass is 1440 g/mol. The molecular weight excluding hydrogens is 1370 g/mol. The van der Waals surface area contributed by atoms with Crippen molar-refractivity contribution in [1.29, 1.82) is 0 Å². The van der Waals surface area contributed by atoms with Gasteiger partial charge in [-0.25, -0.2) is 29.0 Å². The number of halogens is 1. The average Bonchev–Trinajstić information content (AvgIpc) is 1.59. The lowest BCUT2D eigenvalue weighted by atomic mass is 9.77. The van der Waals surface area contributed by atoms with Crippen LogP contribution in [0.15, 0.2) is 352 Å². The maximum absolute atomic E-state index is 6.43. The second-order valence-corrected chi connectivity index (χ2v) is 27.8. The maximum atomic E-state index is 6.43. The summed E-state index contributed by atoms with van der Waals surface area (Å²) in [5.74, 6) is 3.05. The molecule has 0 unspecified atom stereocenters. The third-order valence-electron chi connectivity index (χ3n) is 20.0. The molecule has 0 spiro atoms. The molecule has 0 amide bonds. The topological polar surface area (TPSA) is 130 Å². The van der Waals surface area contributed by atoms with Crippen molar-refractivity contribution in [3.8, 4) is 124 Å². The molecule has 0 saturated carbocycles. The predicted molar refractivity (Wildman–Crippen MR) is 452 cm³/mol. The average molecular weight is 1440 g/mol. The molecular formula is C95H74B2ClN10O2. The van der Waals surface area contributed by atoms with Crippen LogP contribution in [0.2, 0.25) is 5.28 Å². The molecule has 6 aromatic heterocycles. The third kappa shape index (κ3) is 14.5. The summed E-state index contributed by atoms with van der Waals surface area (Å²) in [4.78, 5) is 27.8. The van der Waals surface area contributed by atoms with Gasteiger partial charge in [0.05, 0.1) is 33.6 Å². The Hall–Kier alpha value is -13.1. The standard InChI is InChI=1S/C44H29N5.C35H31BN2O2.C15H10ClN3.CH4.B/c1-5-16-30(17-6-1)38-29-34-24-13-14-27-37(34)41-39(40(48-49(38)41)31-18-7-2-8-19-31)35-25-15-26-36(28-35)44-46-42(32-20-9-3-10-21-32)45-43(47-44)33-22-11-4-12-23-33;1-34(2)35(3,4)40-36(39-34)28-20-13-19-27(22-28)31-32(25-16-9-6-10-17-25)37-38-30(24-14-7-5-8-15-24)23-26-18-11-12-21-29(26)33(31)38;16-15-18-13(11-7-3-1-4-8-11)17-14(19-15)12-9-5-2-6-10-12;;/h1-29H;5-23H,1-4H3;1-10H;1H4;. The highest BCUT2D eigenvalue weighted by Crippen LogP contribution is 2.45. The quantitative estimate of drug-likeness (QED) is 0.109. The first-order chi connectivity index (χ1) is 52.9. The Morgan fingerprint density at radius 1 is 0.291 bits per heavy atom. The molecule has 3 radical (unpaired) electrons. The van der Waals surface area contributed by atoms with Crippen LogP contribution >= 0.6 is 11.6 Å². The summed E-state index contributed by atoms with van der Waals surface area (Å²) in [5.41, 5.74) is 19.5. The largest absolute Gasteiger partial charge is 0.494 e. The number of benzene rings is 12. The highest BCUT2D eigenvalue weighted by molar-refractivity contribution is 6.62. The fraction of sp³-hybridized carbons (Fsp3) is 0.0737. The van der Waals surface area contributed by atoms with Crippen molar-refractivity contribution in [1.82, 2.24) is 49.1 Å². The van der Waals surface area contributed by atoms with Crippen LogP contribution in [-0.4, -0.2) is 75.9 Å². The van der Waals surface area contributed by atoms with Gasteiger partial charge in [0.1, 0.15) is 11.4 Å². The summed E-state index contributed by atoms with van der Waals surface area (Å²) in [7, 11) is -0.441. The number of aromatic nitrogens is 10. The van der Waals surface area contributed by atoms with Gasteiger partial charge >= 0.3 is 7.12 Å². The van der Waals surface area contributed by atoms with E-state index in [1.54, 1.807) is 0 Å². The van der Waals surface area contributed by atoms with Crippen molar-refractivity contribution in [2.24, 2.45) is 0 Å². The fourth-order valence-corrected chi connectivity index (χ4v) is 14.1. The zero-order valence-electron chi connectivity index (χ0n) is 60.3. The zero-order valence-corrected chi connectivity index (χ0v) is 61.1. The summed E-state index contributed by atoms with van der Waals surface area (Å²) in [5, 5.41) is 15.5. The van der Waals surface area contributed by atoms with E-state index in [4.69, 9.17) is 46.1 Å². The van der Waals surface area contributed by atoms with Crippen molar-refractivity contribution in [2.75, 3.05) is 0 Å². The molecule has 529 valence electrons. The molecule has 1 fully saturated rings. The van der Waals surface area contributed by atoms with Crippen molar-refractivity contribution in [2.45, 2.75) is 46.3 Å². The smallest absolute Gasteiger partial charge is 0.399 e. The number of fused-ring (bicyclic) bond motifs is 6. The van der Waals surface area contributed by atoms with E-state index in [0.717, 1.165) is 128 Å². The number of nitrogens with zero attached hydrogens (tertiary/aromatic N) is 10. The van der Waals surface area contributed by atoms with Gasteiger partial charge in [-0.05, 0) is 84.9 Å². The lowest BCUT2D eigenvalue weighted by Gasteiger charge is -2.32. The zero-order chi connectivity index (χ0) is 73.1. The summed E-state index contributed by atoms with van der Waals surface area (Å²) in [6.07, 6.45) is 0. The van der Waals surface area contributed by atoms with Crippen LogP contribution < -0.4 is 5.46 Å². The highest BCUT2D eigenvalue weighted by Gasteiger charge is 2.52. The molecule has 1 aliphatic rings. The van der Waals surface area contributed by atoms with Crippen LogP contribution in [0, 0.1) is 0 Å². The summed E-state index contributed by atoms with van der Waals surface area (Å²) in [6, 6.07) is 120. The summed E-state index contributed by atoms with van der Waals surface area (Å²) in [6.45, 7) is 8.36. The summed E-state index contributed by atoms with van der Waals surface area (Å²) >= 11 is 5.99. The van der Waals surface area contributed by atoms with E-state index in [1.807, 2.05) is 146 Å². The van der Waals surface area contributed by atoms with Crippen LogP contribution in [0.1, 0.15) is 35.1 Å². The van der Waals surface area contributed by atoms with E-state index in [0.29, 0.717) is 29.1 Å². The van der Waals surface area contributed by atoms with Crippen LogP contribution in [-0.2, 0) is 9.31 Å². The van der Waals surface area contributed by atoms with E-state index in [1.165, 1.54) is 5.39 Å². The van der Waals surface area contributed by atoms with Crippen LogP contribution in [0.3, 0.4) is 0 Å². The molecule has 0 bridgehead atoms. The van der Waals surface area contributed by atoms with Crippen molar-refractivity contribution in [3.63, 3.8) is 0 Å². The minimum Gasteiger partial charge on any atom is -0.399 e. The molecule has 15 heteroatoms. The van der Waals surface area contributed by atoms with E-state index in [9.17, 15) is 0 Å². The number of rotatable bonds is 12. The minimum absolute atomic E-state index is 0. The Morgan fingerprint density at radius 2 is 0.573 bits per heavy atom. The second kappa shape index (κ2) is 31.4. The lowest BCUT2D eigenvalue weighted by Crippen LogP contribution is -2.41. The lowest BCUT2D eigenvalue weighted by molar-refractivity contribution is 0.00578. The minimum atomic E-state index is -0.441. The third-order valence-corrected chi connectivity index (χ3v) is 20.1. The van der Waals surface area contributed by atoms with Gasteiger partial charge in [-0.2, -0.15) is 20.2 Å². The number of hydrogen-bond donors (Lipinski definition) is 0. The van der Waals surface area contributed by atoms with Gasteiger partial charge in [-0.3, -0.25) is 0 Å². The normalized spacial score (nSPS) is 12.7. The summed E-state index contributed by atoms with van der Waals surface area (Å²) < 4.78 is 17.1. The van der Waals surface area contributed by atoms with Crippen molar-refractivity contribution >= 4 is 65.2 Å². The first-order valence-electron chi connectivity index (χ1n) is 36.0. The van der Waals surface area contributed by atoms with E-state index in [-0.39, 0.29) is 21.1 Å². The van der Waals surface area contributed by atoms with Crippen LogP contribution in [0.25, 0.3) is 157 Å².